The summed E-state index contributed by atoms with van der Waals surface area (Å²) >= 11 is 0. The maximum atomic E-state index is 13.5. The second-order valence-corrected chi connectivity index (χ2v) is 8.31. The Morgan fingerprint density at radius 3 is 2.03 bits per heavy atom. The van der Waals surface area contributed by atoms with Crippen LogP contribution in [0.1, 0.15) is 36.6 Å². The van der Waals surface area contributed by atoms with Gasteiger partial charge in [0.2, 0.25) is 11.8 Å². The lowest BCUT2D eigenvalue weighted by Crippen LogP contribution is -2.45. The Balaban J connectivity index is 1.86. The van der Waals surface area contributed by atoms with Crippen LogP contribution in [0.25, 0.3) is 0 Å². The maximum Gasteiger partial charge on any atom is 0.247 e. The first-order valence-corrected chi connectivity index (χ1v) is 11.3. The lowest BCUT2D eigenvalue weighted by Gasteiger charge is -2.33. The first kappa shape index (κ1) is 24.1. The molecule has 2 amide bonds. The molecular weight excluding hydrogens is 412 g/mol. The standard InChI is InChI=1S/C28H32N2O3/c1-21(2)28(32)30(20-23-14-16-25(33-3)17-15-23)26(24-12-8-5-9-13-24)27(31)29-19-18-22-10-6-4-7-11-22/h4-17,21,26H,18-20H2,1-3H3,(H,29,31)/t26-/m0/s1. The number of nitrogens with one attached hydrogen (secondary N) is 1. The Kier molecular flexibility index (Phi) is 8.64. The fourth-order valence-electron chi connectivity index (χ4n) is 3.74. The summed E-state index contributed by atoms with van der Waals surface area (Å²) < 4.78 is 5.25. The molecule has 0 radical (unpaired) electrons. The molecule has 0 saturated heterocycles. The van der Waals surface area contributed by atoms with Crippen molar-refractivity contribution in [2.45, 2.75) is 32.9 Å². The van der Waals surface area contributed by atoms with Crippen LogP contribution in [0.2, 0.25) is 0 Å². The summed E-state index contributed by atoms with van der Waals surface area (Å²) in [6.45, 7) is 4.54. The highest BCUT2D eigenvalue weighted by atomic mass is 16.5. The van der Waals surface area contributed by atoms with Crippen LogP contribution in [-0.2, 0) is 22.6 Å². The third-order valence-corrected chi connectivity index (χ3v) is 5.52. The zero-order chi connectivity index (χ0) is 23.6. The van der Waals surface area contributed by atoms with Crippen LogP contribution in [0.4, 0.5) is 0 Å². The van der Waals surface area contributed by atoms with E-state index in [1.807, 2.05) is 98.8 Å². The largest absolute Gasteiger partial charge is 0.497 e. The molecule has 0 heterocycles. The van der Waals surface area contributed by atoms with E-state index in [4.69, 9.17) is 4.74 Å². The van der Waals surface area contributed by atoms with Crippen LogP contribution in [0.3, 0.4) is 0 Å². The fourth-order valence-corrected chi connectivity index (χ4v) is 3.74. The van der Waals surface area contributed by atoms with Crippen LogP contribution >= 0.6 is 0 Å². The summed E-state index contributed by atoms with van der Waals surface area (Å²) in [5.74, 6) is 0.253. The second kappa shape index (κ2) is 11.9. The van der Waals surface area contributed by atoms with Crippen LogP contribution in [-0.4, -0.2) is 30.4 Å². The number of nitrogens with zero attached hydrogens (tertiary/aromatic N) is 1. The van der Waals surface area contributed by atoms with E-state index in [0.29, 0.717) is 13.1 Å². The van der Waals surface area contributed by atoms with Gasteiger partial charge >= 0.3 is 0 Å². The van der Waals surface area contributed by atoms with Crippen molar-refractivity contribution >= 4 is 11.8 Å². The van der Waals surface area contributed by atoms with Crippen molar-refractivity contribution < 1.29 is 14.3 Å². The number of methoxy groups -OCH3 is 1. The molecule has 5 nitrogen and oxygen atoms in total. The zero-order valence-corrected chi connectivity index (χ0v) is 19.5. The van der Waals surface area contributed by atoms with Crippen LogP contribution in [0, 0.1) is 5.92 Å². The van der Waals surface area contributed by atoms with E-state index < -0.39 is 6.04 Å². The highest BCUT2D eigenvalue weighted by Crippen LogP contribution is 2.26. The third-order valence-electron chi connectivity index (χ3n) is 5.52. The Bertz CT molecular complexity index is 1020. The quantitative estimate of drug-likeness (QED) is 0.490. The van der Waals surface area contributed by atoms with E-state index >= 15 is 0 Å². The number of carbonyl (C=O) groups is 2. The third kappa shape index (κ3) is 6.69. The summed E-state index contributed by atoms with van der Waals surface area (Å²) in [5.41, 5.74) is 2.88. The summed E-state index contributed by atoms with van der Waals surface area (Å²) in [5, 5.41) is 3.06. The second-order valence-electron chi connectivity index (χ2n) is 8.31. The van der Waals surface area contributed by atoms with Crippen LogP contribution in [0.15, 0.2) is 84.9 Å². The Morgan fingerprint density at radius 2 is 1.45 bits per heavy atom. The minimum Gasteiger partial charge on any atom is -0.497 e. The van der Waals surface area contributed by atoms with Gasteiger partial charge in [-0.1, -0.05) is 86.6 Å². The van der Waals surface area contributed by atoms with Crippen molar-refractivity contribution in [1.82, 2.24) is 10.2 Å². The molecule has 0 aliphatic carbocycles. The molecule has 3 rings (SSSR count). The summed E-state index contributed by atoms with van der Waals surface area (Å²) in [4.78, 5) is 28.5. The first-order valence-electron chi connectivity index (χ1n) is 11.3. The van der Waals surface area contributed by atoms with Gasteiger partial charge in [0, 0.05) is 19.0 Å². The van der Waals surface area contributed by atoms with E-state index in [-0.39, 0.29) is 17.7 Å². The number of rotatable bonds is 10. The molecule has 0 aliphatic rings. The SMILES string of the molecule is COc1ccc(CN(C(=O)C(C)C)[C@H](C(=O)NCCc2ccccc2)c2ccccc2)cc1. The number of carbonyl (C=O) groups excluding carboxylic acids is 2. The van der Waals surface area contributed by atoms with Gasteiger partial charge in [-0.05, 0) is 35.2 Å². The van der Waals surface area contributed by atoms with Gasteiger partial charge in [0.15, 0.2) is 0 Å². The van der Waals surface area contributed by atoms with Gasteiger partial charge in [-0.25, -0.2) is 0 Å². The highest BCUT2D eigenvalue weighted by Gasteiger charge is 2.32. The van der Waals surface area contributed by atoms with Gasteiger partial charge in [0.05, 0.1) is 7.11 Å². The molecule has 0 fully saturated rings. The molecule has 0 bridgehead atoms. The number of benzene rings is 3. The predicted octanol–water partition coefficient (Wildman–Crippen LogP) is 4.78. The first-order chi connectivity index (χ1) is 16.0. The van der Waals surface area contributed by atoms with Crippen molar-refractivity contribution in [3.8, 4) is 5.75 Å². The van der Waals surface area contributed by atoms with E-state index in [2.05, 4.69) is 5.32 Å². The minimum absolute atomic E-state index is 0.0714. The number of ether oxygens (including phenoxy) is 1. The highest BCUT2D eigenvalue weighted by molar-refractivity contribution is 5.89. The van der Waals surface area contributed by atoms with E-state index in [1.54, 1.807) is 12.0 Å². The Hall–Kier alpha value is -3.60. The number of amides is 2. The molecule has 0 unspecified atom stereocenters. The summed E-state index contributed by atoms with van der Waals surface area (Å²) in [7, 11) is 1.62. The smallest absolute Gasteiger partial charge is 0.247 e. The van der Waals surface area contributed by atoms with Crippen molar-refractivity contribution in [2.24, 2.45) is 5.92 Å². The van der Waals surface area contributed by atoms with E-state index in [1.165, 1.54) is 0 Å². The maximum absolute atomic E-state index is 13.5. The van der Waals surface area contributed by atoms with Crippen molar-refractivity contribution in [3.05, 3.63) is 102 Å². The molecule has 3 aromatic rings. The molecule has 3 aromatic carbocycles. The van der Waals surface area contributed by atoms with Gasteiger partial charge in [-0.15, -0.1) is 0 Å². The average Bonchev–Trinajstić information content (AvgIpc) is 2.85. The number of hydrogen-bond donors (Lipinski definition) is 1. The molecule has 5 heteroatoms. The predicted molar refractivity (Wildman–Crippen MR) is 131 cm³/mol. The van der Waals surface area contributed by atoms with Crippen molar-refractivity contribution in [1.29, 1.82) is 0 Å². The monoisotopic (exact) mass is 444 g/mol. The van der Waals surface area contributed by atoms with Crippen LogP contribution < -0.4 is 10.1 Å². The molecule has 0 aromatic heterocycles. The molecule has 172 valence electrons. The van der Waals surface area contributed by atoms with Gasteiger partial charge in [-0.2, -0.15) is 0 Å². The van der Waals surface area contributed by atoms with Gasteiger partial charge < -0.3 is 15.0 Å². The van der Waals surface area contributed by atoms with Gasteiger partial charge in [-0.3, -0.25) is 9.59 Å². The van der Waals surface area contributed by atoms with Gasteiger partial charge in [0.25, 0.3) is 0 Å². The molecule has 1 atom stereocenters. The normalized spacial score (nSPS) is 11.6. The van der Waals surface area contributed by atoms with Gasteiger partial charge in [0.1, 0.15) is 11.8 Å². The minimum atomic E-state index is -0.723. The topological polar surface area (TPSA) is 58.6 Å². The molecule has 0 aliphatic heterocycles. The molecule has 0 spiro atoms. The molecular formula is C28H32N2O3. The Labute approximate surface area is 196 Å². The molecule has 33 heavy (non-hydrogen) atoms. The summed E-state index contributed by atoms with van der Waals surface area (Å²) in [6.07, 6.45) is 0.727. The van der Waals surface area contributed by atoms with Crippen molar-refractivity contribution in [3.63, 3.8) is 0 Å². The summed E-state index contributed by atoms with van der Waals surface area (Å²) in [6, 6.07) is 26.4. The van der Waals surface area contributed by atoms with E-state index in [0.717, 1.165) is 28.9 Å². The average molecular weight is 445 g/mol. The fraction of sp³-hybridized carbons (Fsp3) is 0.286. The zero-order valence-electron chi connectivity index (χ0n) is 19.5. The number of hydrogen-bond acceptors (Lipinski definition) is 3. The lowest BCUT2D eigenvalue weighted by molar-refractivity contribution is -0.144. The van der Waals surface area contributed by atoms with Crippen LogP contribution in [0.5, 0.6) is 5.75 Å². The lowest BCUT2D eigenvalue weighted by atomic mass is 10.0. The molecule has 0 saturated carbocycles. The van der Waals surface area contributed by atoms with Crippen molar-refractivity contribution in [2.75, 3.05) is 13.7 Å². The molecule has 1 N–H and O–H groups in total. The Morgan fingerprint density at radius 1 is 0.848 bits per heavy atom. The van der Waals surface area contributed by atoms with E-state index in [9.17, 15) is 9.59 Å².